The summed E-state index contributed by atoms with van der Waals surface area (Å²) in [7, 11) is 1.66. The van der Waals surface area contributed by atoms with Crippen molar-refractivity contribution in [3.63, 3.8) is 0 Å². The molecule has 6 nitrogen and oxygen atoms in total. The number of ether oxygens (including phenoxy) is 1. The normalized spacial score (nSPS) is 13.5. The van der Waals surface area contributed by atoms with Gasteiger partial charge in [-0.2, -0.15) is 5.10 Å². The van der Waals surface area contributed by atoms with E-state index in [4.69, 9.17) is 4.74 Å². The zero-order chi connectivity index (χ0) is 30.6. The number of methoxy groups -OCH3 is 1. The van der Waals surface area contributed by atoms with E-state index in [-0.39, 0.29) is 5.78 Å². The van der Waals surface area contributed by atoms with E-state index >= 15 is 0 Å². The number of Topliss-reactive ketones (excluding diaryl/α,β-unsaturated/α-hetero) is 2. The second-order valence-corrected chi connectivity index (χ2v) is 11.4. The molecular formula is C36H47N3O3. The Morgan fingerprint density at radius 2 is 1.52 bits per heavy atom. The number of carbonyl (C=O) groups is 2. The van der Waals surface area contributed by atoms with Gasteiger partial charge >= 0.3 is 0 Å². The molecule has 0 aliphatic heterocycles. The summed E-state index contributed by atoms with van der Waals surface area (Å²) in [6.07, 6.45) is 9.08. The van der Waals surface area contributed by atoms with Crippen LogP contribution in [0.15, 0.2) is 60.8 Å². The summed E-state index contributed by atoms with van der Waals surface area (Å²) in [5, 5.41) is 4.45. The number of nitrogens with zero attached hydrogens (tertiary/aromatic N) is 3. The van der Waals surface area contributed by atoms with Crippen LogP contribution in [0.5, 0.6) is 5.75 Å². The lowest BCUT2D eigenvalue weighted by atomic mass is 10.1. The minimum atomic E-state index is 0.0508. The van der Waals surface area contributed by atoms with Crippen molar-refractivity contribution in [1.82, 2.24) is 14.6 Å². The highest BCUT2D eigenvalue weighted by atomic mass is 16.5. The number of carbonyl (C=O) groups excluding carboxylic acids is 2. The number of aryl methyl sites for hydroxylation is 3. The highest BCUT2D eigenvalue weighted by molar-refractivity contribution is 5.95. The average Bonchev–Trinajstić information content (AvgIpc) is 3.93. The highest BCUT2D eigenvalue weighted by Crippen LogP contribution is 2.30. The predicted molar refractivity (Wildman–Crippen MR) is 171 cm³/mol. The van der Waals surface area contributed by atoms with E-state index in [1.807, 2.05) is 45.0 Å². The maximum Gasteiger partial charge on any atom is 0.183 e. The van der Waals surface area contributed by atoms with Crippen LogP contribution in [0.1, 0.15) is 92.9 Å². The van der Waals surface area contributed by atoms with Gasteiger partial charge in [0.1, 0.15) is 17.2 Å². The van der Waals surface area contributed by atoms with Crippen molar-refractivity contribution in [1.29, 1.82) is 0 Å². The molecule has 0 saturated heterocycles. The molecule has 0 spiro atoms. The molecule has 0 atom stereocenters. The number of hydrogen-bond donors (Lipinski definition) is 0. The van der Waals surface area contributed by atoms with Crippen LogP contribution in [0.3, 0.4) is 0 Å². The second kappa shape index (κ2) is 16.0. The topological polar surface area (TPSA) is 73.6 Å². The molecule has 2 fully saturated rings. The van der Waals surface area contributed by atoms with Gasteiger partial charge in [0.2, 0.25) is 0 Å². The summed E-state index contributed by atoms with van der Waals surface area (Å²) < 4.78 is 7.03. The van der Waals surface area contributed by atoms with Crippen molar-refractivity contribution in [3.05, 3.63) is 83.2 Å². The lowest BCUT2D eigenvalue weighted by Crippen LogP contribution is -2.01. The van der Waals surface area contributed by atoms with Crippen molar-refractivity contribution in [2.24, 2.45) is 11.8 Å². The zero-order valence-electron chi connectivity index (χ0n) is 26.4. The van der Waals surface area contributed by atoms with Gasteiger partial charge in [0.15, 0.2) is 11.4 Å². The molecule has 4 aromatic rings. The van der Waals surface area contributed by atoms with Gasteiger partial charge < -0.3 is 4.74 Å². The third-order valence-electron chi connectivity index (χ3n) is 7.28. The zero-order valence-corrected chi connectivity index (χ0v) is 26.4. The Morgan fingerprint density at radius 3 is 1.98 bits per heavy atom. The van der Waals surface area contributed by atoms with Crippen LogP contribution in [-0.2, 0) is 4.79 Å². The van der Waals surface area contributed by atoms with Crippen molar-refractivity contribution >= 4 is 17.2 Å². The summed E-state index contributed by atoms with van der Waals surface area (Å²) in [5.41, 5.74) is 6.76. The van der Waals surface area contributed by atoms with Crippen molar-refractivity contribution in [2.45, 2.75) is 86.5 Å². The first-order valence-corrected chi connectivity index (χ1v) is 15.3. The van der Waals surface area contributed by atoms with Crippen LogP contribution in [-0.4, -0.2) is 33.3 Å². The molecule has 6 rings (SSSR count). The second-order valence-electron chi connectivity index (χ2n) is 11.4. The van der Waals surface area contributed by atoms with Crippen LogP contribution in [0, 0.1) is 32.6 Å². The molecule has 0 unspecified atom stereocenters. The van der Waals surface area contributed by atoms with Crippen LogP contribution < -0.4 is 4.74 Å². The molecule has 2 heterocycles. The molecule has 224 valence electrons. The third-order valence-corrected chi connectivity index (χ3v) is 7.28. The fourth-order valence-corrected chi connectivity index (χ4v) is 4.14. The van der Waals surface area contributed by atoms with E-state index in [9.17, 15) is 9.59 Å². The van der Waals surface area contributed by atoms with Gasteiger partial charge in [0.05, 0.1) is 12.8 Å². The highest BCUT2D eigenvalue weighted by Gasteiger charge is 2.27. The summed E-state index contributed by atoms with van der Waals surface area (Å²) in [4.78, 5) is 27.0. The van der Waals surface area contributed by atoms with Crippen molar-refractivity contribution in [3.8, 4) is 17.0 Å². The van der Waals surface area contributed by atoms with E-state index in [1.165, 1.54) is 24.0 Å². The molecule has 0 bridgehead atoms. The first-order chi connectivity index (χ1) is 20.2. The van der Waals surface area contributed by atoms with Crippen LogP contribution in [0.25, 0.3) is 16.9 Å². The Bertz CT molecular complexity index is 1430. The molecule has 2 aliphatic rings. The quantitative estimate of drug-likeness (QED) is 0.208. The molecule has 42 heavy (non-hydrogen) atoms. The fraction of sp³-hybridized carbons (Fsp3) is 0.444. The Morgan fingerprint density at radius 1 is 0.905 bits per heavy atom. The smallest absolute Gasteiger partial charge is 0.183 e. The summed E-state index contributed by atoms with van der Waals surface area (Å²) >= 11 is 0. The van der Waals surface area contributed by atoms with Gasteiger partial charge in [-0.15, -0.1) is 0 Å². The van der Waals surface area contributed by atoms with Gasteiger partial charge in [-0.25, -0.2) is 9.50 Å². The number of rotatable bonds is 7. The molecule has 0 N–H and O–H groups in total. The summed E-state index contributed by atoms with van der Waals surface area (Å²) in [6, 6.07) is 18.1. The van der Waals surface area contributed by atoms with Gasteiger partial charge in [0.25, 0.3) is 0 Å². The molecule has 6 heteroatoms. The van der Waals surface area contributed by atoms with Crippen molar-refractivity contribution in [2.75, 3.05) is 7.11 Å². The molecular weight excluding hydrogens is 522 g/mol. The molecule has 2 aromatic heterocycles. The molecule has 2 aromatic carbocycles. The van der Waals surface area contributed by atoms with E-state index in [2.05, 4.69) is 55.1 Å². The number of benzene rings is 2. The Kier molecular flexibility index (Phi) is 12.5. The van der Waals surface area contributed by atoms with Gasteiger partial charge in [-0.1, -0.05) is 69.0 Å². The van der Waals surface area contributed by atoms with E-state index in [0.717, 1.165) is 54.2 Å². The Hall–Kier alpha value is -3.80. The van der Waals surface area contributed by atoms with Crippen LogP contribution >= 0.6 is 0 Å². The van der Waals surface area contributed by atoms with Crippen LogP contribution in [0.4, 0.5) is 0 Å². The number of hydrogen-bond acceptors (Lipinski definition) is 5. The first-order valence-electron chi connectivity index (χ1n) is 15.3. The minimum absolute atomic E-state index is 0.0508. The lowest BCUT2D eigenvalue weighted by Gasteiger charge is -2.08. The van der Waals surface area contributed by atoms with Crippen LogP contribution in [0.2, 0.25) is 0 Å². The Balaban J connectivity index is 0.000000204. The van der Waals surface area contributed by atoms with Gasteiger partial charge in [0, 0.05) is 36.6 Å². The first kappa shape index (κ1) is 32.7. The standard InChI is InChI=1S/C18H19N3O2.C8H10.C6H10O.C4H8/c1-4-5-16(22)14-11-18-19-9-8-15(21(18)20-14)13-6-7-17(23-3)12(2)10-13;1-7-3-5-8(2)6-4-7;1-2-6(7)5-3-4-5;1-4-2-3-4/h6-11H,4-5H2,1-3H3;3-6H,1-2H3;5H,2-4H2,1H3;4H,2-3H2,1H3. The monoisotopic (exact) mass is 569 g/mol. The van der Waals surface area contributed by atoms with E-state index < -0.39 is 0 Å². The predicted octanol–water partition coefficient (Wildman–Crippen LogP) is 8.79. The van der Waals surface area contributed by atoms with E-state index in [1.54, 1.807) is 23.9 Å². The molecule has 2 saturated carbocycles. The maximum absolute atomic E-state index is 12.1. The average molecular weight is 570 g/mol. The largest absolute Gasteiger partial charge is 0.496 e. The number of fused-ring (bicyclic) bond motifs is 1. The van der Waals surface area contributed by atoms with Gasteiger partial charge in [-0.3, -0.25) is 9.59 Å². The number of aromatic nitrogens is 3. The number of ketones is 2. The lowest BCUT2D eigenvalue weighted by molar-refractivity contribution is -0.119. The minimum Gasteiger partial charge on any atom is -0.496 e. The van der Waals surface area contributed by atoms with Gasteiger partial charge in [-0.05, 0) is 75.8 Å². The molecule has 2 aliphatic carbocycles. The van der Waals surface area contributed by atoms with E-state index in [0.29, 0.717) is 29.5 Å². The fourth-order valence-electron chi connectivity index (χ4n) is 4.14. The summed E-state index contributed by atoms with van der Waals surface area (Å²) in [5.74, 6) is 2.91. The Labute approximate surface area is 251 Å². The summed E-state index contributed by atoms with van der Waals surface area (Å²) in [6.45, 7) is 12.4. The third kappa shape index (κ3) is 10.2. The SMILES string of the molecule is CC1CC1.CCC(=O)C1CC1.CCCC(=O)c1cc2nccc(-c3ccc(OC)c(C)c3)n2n1.Cc1ccc(C)cc1. The molecule has 0 radical (unpaired) electrons. The maximum atomic E-state index is 12.1. The van der Waals surface area contributed by atoms with Crippen molar-refractivity contribution < 1.29 is 14.3 Å². The molecule has 0 amide bonds.